The molecule has 0 spiro atoms. The van der Waals surface area contributed by atoms with Gasteiger partial charge >= 0.3 is 5.97 Å². The summed E-state index contributed by atoms with van der Waals surface area (Å²) in [6.45, 7) is 0. The second-order valence-electron chi connectivity index (χ2n) is 9.67. The molecule has 3 aliphatic rings. The molecule has 0 amide bonds. The van der Waals surface area contributed by atoms with Crippen LogP contribution in [0.1, 0.15) is 60.0 Å². The molecule has 2 saturated carbocycles. The van der Waals surface area contributed by atoms with Gasteiger partial charge in [0.05, 0.1) is 11.7 Å². The van der Waals surface area contributed by atoms with Crippen LogP contribution in [0.5, 0.6) is 5.75 Å². The van der Waals surface area contributed by atoms with Gasteiger partial charge in [0.1, 0.15) is 11.9 Å². The van der Waals surface area contributed by atoms with Crippen LogP contribution >= 0.6 is 0 Å². The smallest absolute Gasteiger partial charge is 0.338 e. The fourth-order valence-electron chi connectivity index (χ4n) is 5.93. The normalized spacial score (nSPS) is 26.6. The van der Waals surface area contributed by atoms with Gasteiger partial charge in [-0.25, -0.2) is 13.6 Å². The van der Waals surface area contributed by atoms with Gasteiger partial charge in [-0.1, -0.05) is 36.8 Å². The number of ether oxygens (including phenoxy) is 1. The number of hydrogen-bond acceptors (Lipinski definition) is 3. The molecule has 1 unspecified atom stereocenters. The first-order valence-corrected chi connectivity index (χ1v) is 11.7. The molecule has 2 aliphatic carbocycles. The van der Waals surface area contributed by atoms with Crippen LogP contribution in [0.25, 0.3) is 0 Å². The van der Waals surface area contributed by atoms with Gasteiger partial charge < -0.3 is 14.9 Å². The molecule has 4 atom stereocenters. The maximum atomic E-state index is 14.8. The van der Waals surface area contributed by atoms with E-state index in [4.69, 9.17) is 4.74 Å². The average molecular weight is 455 g/mol. The van der Waals surface area contributed by atoms with Gasteiger partial charge in [-0.2, -0.15) is 0 Å². The number of carbonyl (C=O) groups is 1. The van der Waals surface area contributed by atoms with Gasteiger partial charge in [-0.05, 0) is 73.8 Å². The second kappa shape index (κ2) is 8.56. The number of fused-ring (bicyclic) bond motifs is 2. The number of aliphatic hydroxyl groups is 1. The molecule has 174 valence electrons. The number of aryl methyl sites for hydroxylation is 1. The Labute approximate surface area is 191 Å². The predicted octanol–water partition coefficient (Wildman–Crippen LogP) is 5.42. The summed E-state index contributed by atoms with van der Waals surface area (Å²) in [6, 6.07) is 9.40. The van der Waals surface area contributed by atoms with Gasteiger partial charge in [-0.3, -0.25) is 0 Å². The number of halogens is 2. The van der Waals surface area contributed by atoms with E-state index in [0.717, 1.165) is 44.1 Å². The van der Waals surface area contributed by atoms with E-state index in [0.29, 0.717) is 12.0 Å². The molecule has 0 saturated heterocycles. The van der Waals surface area contributed by atoms with Gasteiger partial charge in [0.25, 0.3) is 0 Å². The van der Waals surface area contributed by atoms with Crippen molar-refractivity contribution in [1.29, 1.82) is 0 Å². The summed E-state index contributed by atoms with van der Waals surface area (Å²) in [4.78, 5) is 11.3. The number of carboxylic acids is 1. The fraction of sp³-hybridized carbons (Fsp3) is 0.444. The third-order valence-electron chi connectivity index (χ3n) is 8.01. The van der Waals surface area contributed by atoms with Crippen LogP contribution in [0.3, 0.4) is 0 Å². The quantitative estimate of drug-likeness (QED) is 0.592. The van der Waals surface area contributed by atoms with Crippen molar-refractivity contribution < 1.29 is 28.5 Å². The van der Waals surface area contributed by atoms with Crippen LogP contribution < -0.4 is 4.74 Å². The van der Waals surface area contributed by atoms with Crippen molar-refractivity contribution in [1.82, 2.24) is 0 Å². The van der Waals surface area contributed by atoms with Crippen LogP contribution in [-0.2, 0) is 11.8 Å². The third kappa shape index (κ3) is 3.84. The largest absolute Gasteiger partial charge is 0.487 e. The van der Waals surface area contributed by atoms with Gasteiger partial charge in [0.15, 0.2) is 11.6 Å². The zero-order valence-corrected chi connectivity index (χ0v) is 18.3. The standard InChI is InChI=1S/C27H28F2O4/c28-19-8-6-18(7-9-19)27(14-1-15-27)23(30)13-5-16-4-12-22-20(16)10-2-17-3-11-21(26(31)32)24(29)25(17)33-22/h3,5-9,11,13,16,20,22-23,30H,1-2,4,10,12,14-15H2,(H,31,32)/b13-5+/t16-,20-,22+,23?/m1/s1. The summed E-state index contributed by atoms with van der Waals surface area (Å²) in [6.07, 6.45) is 8.97. The van der Waals surface area contributed by atoms with Crippen LogP contribution in [0.4, 0.5) is 8.78 Å². The molecule has 1 aliphatic heterocycles. The van der Waals surface area contributed by atoms with Crippen LogP contribution in [0.15, 0.2) is 48.6 Å². The van der Waals surface area contributed by atoms with E-state index in [2.05, 4.69) is 6.08 Å². The van der Waals surface area contributed by atoms with Crippen LogP contribution in [0.2, 0.25) is 0 Å². The van der Waals surface area contributed by atoms with E-state index in [1.807, 2.05) is 6.08 Å². The number of rotatable bonds is 5. The Kier molecular flexibility index (Phi) is 5.73. The highest BCUT2D eigenvalue weighted by Crippen LogP contribution is 2.48. The van der Waals surface area contributed by atoms with Crippen LogP contribution in [0, 0.1) is 23.5 Å². The van der Waals surface area contributed by atoms with Gasteiger partial charge in [-0.15, -0.1) is 0 Å². The maximum Gasteiger partial charge on any atom is 0.338 e. The van der Waals surface area contributed by atoms with E-state index in [1.54, 1.807) is 18.2 Å². The SMILES string of the molecule is O=C(O)c1ccc2c(c1F)O[C@H]1CC[C@H](/C=C/C(O)C3(c4ccc(F)cc4)CCC3)[C@H]1CC2. The molecular weight excluding hydrogens is 426 g/mol. The fourth-order valence-corrected chi connectivity index (χ4v) is 5.93. The van der Waals surface area contributed by atoms with Crippen molar-refractivity contribution in [2.75, 3.05) is 0 Å². The Morgan fingerprint density at radius 3 is 2.52 bits per heavy atom. The Morgan fingerprint density at radius 1 is 1.09 bits per heavy atom. The average Bonchev–Trinajstić information content (AvgIpc) is 3.03. The first-order valence-electron chi connectivity index (χ1n) is 11.7. The summed E-state index contributed by atoms with van der Waals surface area (Å²) in [7, 11) is 0. The Balaban J connectivity index is 1.32. The predicted molar refractivity (Wildman–Crippen MR) is 119 cm³/mol. The number of benzene rings is 2. The highest BCUT2D eigenvalue weighted by Gasteiger charge is 2.44. The number of carboxylic acid groups (broad SMARTS) is 1. The summed E-state index contributed by atoms with van der Waals surface area (Å²) in [5.41, 5.74) is 0.944. The molecule has 33 heavy (non-hydrogen) atoms. The second-order valence-corrected chi connectivity index (χ2v) is 9.67. The Morgan fingerprint density at radius 2 is 1.85 bits per heavy atom. The molecule has 6 heteroatoms. The number of allylic oxidation sites excluding steroid dienone is 1. The molecule has 4 nitrogen and oxygen atoms in total. The van der Waals surface area contributed by atoms with Crippen molar-refractivity contribution in [3.05, 3.63) is 76.9 Å². The van der Waals surface area contributed by atoms with E-state index in [9.17, 15) is 23.8 Å². The summed E-state index contributed by atoms with van der Waals surface area (Å²) >= 11 is 0. The monoisotopic (exact) mass is 454 g/mol. The molecule has 5 rings (SSSR count). The van der Waals surface area contributed by atoms with Crippen molar-refractivity contribution in [3.63, 3.8) is 0 Å². The minimum atomic E-state index is -1.30. The van der Waals surface area contributed by atoms with Gasteiger partial charge in [0.2, 0.25) is 0 Å². The zero-order valence-electron chi connectivity index (χ0n) is 18.3. The van der Waals surface area contributed by atoms with Crippen molar-refractivity contribution in [2.24, 2.45) is 11.8 Å². The Bertz CT molecular complexity index is 1070. The van der Waals surface area contributed by atoms with E-state index < -0.39 is 17.9 Å². The summed E-state index contributed by atoms with van der Waals surface area (Å²) in [5, 5.41) is 20.3. The van der Waals surface area contributed by atoms with Gasteiger partial charge in [0, 0.05) is 11.3 Å². The third-order valence-corrected chi connectivity index (χ3v) is 8.01. The van der Waals surface area contributed by atoms with E-state index in [1.165, 1.54) is 18.2 Å². The molecule has 2 fully saturated rings. The minimum absolute atomic E-state index is 0.0804. The minimum Gasteiger partial charge on any atom is -0.487 e. The van der Waals surface area contributed by atoms with E-state index >= 15 is 0 Å². The Hall–Kier alpha value is -2.73. The zero-order chi connectivity index (χ0) is 23.2. The molecule has 1 heterocycles. The lowest BCUT2D eigenvalue weighted by atomic mass is 9.61. The first kappa shape index (κ1) is 22.1. The number of aliphatic hydroxyl groups excluding tert-OH is 1. The lowest BCUT2D eigenvalue weighted by Gasteiger charge is -2.45. The lowest BCUT2D eigenvalue weighted by molar-refractivity contribution is 0.0620. The maximum absolute atomic E-state index is 14.8. The topological polar surface area (TPSA) is 66.8 Å². The van der Waals surface area contributed by atoms with Crippen LogP contribution in [-0.4, -0.2) is 28.4 Å². The highest BCUT2D eigenvalue weighted by molar-refractivity contribution is 5.88. The molecule has 0 radical (unpaired) electrons. The number of aromatic carboxylic acids is 1. The van der Waals surface area contributed by atoms with E-state index in [-0.39, 0.29) is 40.5 Å². The molecule has 2 N–H and O–H groups in total. The molecule has 0 aromatic heterocycles. The van der Waals surface area contributed by atoms with Crippen molar-refractivity contribution in [2.45, 2.75) is 62.6 Å². The molecule has 0 bridgehead atoms. The lowest BCUT2D eigenvalue weighted by Crippen LogP contribution is -2.44. The molecular formula is C27H28F2O4. The molecule has 2 aromatic carbocycles. The summed E-state index contributed by atoms with van der Waals surface area (Å²) in [5.74, 6) is -1.91. The van der Waals surface area contributed by atoms with Crippen molar-refractivity contribution >= 4 is 5.97 Å². The molecule has 2 aromatic rings. The first-order chi connectivity index (χ1) is 15.9. The highest BCUT2D eigenvalue weighted by atomic mass is 19.1. The summed E-state index contributed by atoms with van der Waals surface area (Å²) < 4.78 is 34.2. The van der Waals surface area contributed by atoms with Crippen molar-refractivity contribution in [3.8, 4) is 5.75 Å². The number of hydrogen-bond donors (Lipinski definition) is 2.